The van der Waals surface area contributed by atoms with Crippen LogP contribution in [0.25, 0.3) is 5.69 Å². The zero-order chi connectivity index (χ0) is 12.0. The Morgan fingerprint density at radius 2 is 2.12 bits per heavy atom. The maximum atomic E-state index is 13.5. The first-order chi connectivity index (χ1) is 8.13. The average Bonchev–Trinajstić information content (AvgIpc) is 3.06. The summed E-state index contributed by atoms with van der Waals surface area (Å²) in [6.07, 6.45) is 1.92. The van der Waals surface area contributed by atoms with Gasteiger partial charge in [0.05, 0.1) is 11.4 Å². The van der Waals surface area contributed by atoms with E-state index in [1.165, 1.54) is 6.07 Å². The fourth-order valence-electron chi connectivity index (χ4n) is 1.90. The van der Waals surface area contributed by atoms with Crippen LogP contribution in [0.5, 0.6) is 0 Å². The van der Waals surface area contributed by atoms with E-state index in [9.17, 15) is 4.39 Å². The van der Waals surface area contributed by atoms with E-state index in [1.54, 1.807) is 10.7 Å². The fourth-order valence-corrected chi connectivity index (χ4v) is 1.90. The van der Waals surface area contributed by atoms with Crippen LogP contribution in [0.4, 0.5) is 4.39 Å². The molecule has 1 N–H and O–H groups in total. The Balaban J connectivity index is 2.07. The van der Waals surface area contributed by atoms with Crippen LogP contribution in [0.1, 0.15) is 22.9 Å². The summed E-state index contributed by atoms with van der Waals surface area (Å²) in [5.74, 6) is -0.211. The summed E-state index contributed by atoms with van der Waals surface area (Å²) in [6.45, 7) is 4.88. The van der Waals surface area contributed by atoms with Gasteiger partial charge in [0.15, 0.2) is 0 Å². The van der Waals surface area contributed by atoms with E-state index in [2.05, 4.69) is 10.4 Å². The molecule has 0 amide bonds. The number of rotatable bonds is 2. The molecule has 1 aliphatic heterocycles. The largest absolute Gasteiger partial charge is 0.307 e. The summed E-state index contributed by atoms with van der Waals surface area (Å²) >= 11 is 0. The number of nitrogens with one attached hydrogen (secondary N) is 1. The molecule has 3 rings (SSSR count). The number of hydrogen-bond acceptors (Lipinski definition) is 2. The predicted octanol–water partition coefficient (Wildman–Crippen LogP) is 2.27. The molecule has 0 radical (unpaired) electrons. The minimum Gasteiger partial charge on any atom is -0.307 e. The highest BCUT2D eigenvalue weighted by atomic mass is 19.1. The van der Waals surface area contributed by atoms with E-state index >= 15 is 0 Å². The molecule has 3 nitrogen and oxygen atoms in total. The second-order valence-electron chi connectivity index (χ2n) is 4.55. The van der Waals surface area contributed by atoms with Gasteiger partial charge in [0.1, 0.15) is 5.82 Å². The third-order valence-corrected chi connectivity index (χ3v) is 3.12. The SMILES string of the molecule is Cc1cn(-c2cc(F)cc(C3CN3)c2)nc1C. The fraction of sp³-hybridized carbons (Fsp3) is 0.308. The first kappa shape index (κ1) is 10.5. The number of hydrogen-bond donors (Lipinski definition) is 1. The van der Waals surface area contributed by atoms with Gasteiger partial charge < -0.3 is 5.32 Å². The van der Waals surface area contributed by atoms with Crippen molar-refractivity contribution in [3.8, 4) is 5.69 Å². The van der Waals surface area contributed by atoms with Gasteiger partial charge in [-0.3, -0.25) is 0 Å². The van der Waals surface area contributed by atoms with Crippen molar-refractivity contribution < 1.29 is 4.39 Å². The average molecular weight is 231 g/mol. The molecule has 1 saturated heterocycles. The van der Waals surface area contributed by atoms with Crippen LogP contribution in [0, 0.1) is 19.7 Å². The lowest BCUT2D eigenvalue weighted by Crippen LogP contribution is -1.98. The molecule has 0 aliphatic carbocycles. The predicted molar refractivity (Wildman–Crippen MR) is 63.7 cm³/mol. The van der Waals surface area contributed by atoms with Gasteiger partial charge in [-0.05, 0) is 43.2 Å². The van der Waals surface area contributed by atoms with Gasteiger partial charge in [-0.25, -0.2) is 9.07 Å². The molecule has 1 aliphatic rings. The number of nitrogens with zero attached hydrogens (tertiary/aromatic N) is 2. The first-order valence-electron chi connectivity index (χ1n) is 5.70. The van der Waals surface area contributed by atoms with E-state index in [4.69, 9.17) is 0 Å². The molecular weight excluding hydrogens is 217 g/mol. The highest BCUT2D eigenvalue weighted by Crippen LogP contribution is 2.25. The Hall–Kier alpha value is -1.68. The monoisotopic (exact) mass is 231 g/mol. The van der Waals surface area contributed by atoms with Gasteiger partial charge >= 0.3 is 0 Å². The van der Waals surface area contributed by atoms with Crippen molar-refractivity contribution in [1.82, 2.24) is 15.1 Å². The quantitative estimate of drug-likeness (QED) is 0.805. The number of halogens is 1. The molecule has 4 heteroatoms. The van der Waals surface area contributed by atoms with Crippen LogP contribution in [0.2, 0.25) is 0 Å². The van der Waals surface area contributed by atoms with Crippen molar-refractivity contribution in [2.24, 2.45) is 0 Å². The van der Waals surface area contributed by atoms with Crippen molar-refractivity contribution >= 4 is 0 Å². The molecule has 0 spiro atoms. The van der Waals surface area contributed by atoms with Crippen LogP contribution >= 0.6 is 0 Å². The van der Waals surface area contributed by atoms with Gasteiger partial charge in [0.25, 0.3) is 0 Å². The third-order valence-electron chi connectivity index (χ3n) is 3.12. The molecule has 1 atom stereocenters. The van der Waals surface area contributed by atoms with Crippen LogP contribution in [-0.2, 0) is 0 Å². The molecule has 88 valence electrons. The Labute approximate surface area is 99.3 Å². The van der Waals surface area contributed by atoms with E-state index in [-0.39, 0.29) is 5.82 Å². The second-order valence-corrected chi connectivity index (χ2v) is 4.55. The lowest BCUT2D eigenvalue weighted by molar-refractivity contribution is 0.622. The zero-order valence-electron chi connectivity index (χ0n) is 9.87. The van der Waals surface area contributed by atoms with Gasteiger partial charge in [-0.2, -0.15) is 5.10 Å². The maximum absolute atomic E-state index is 13.5. The summed E-state index contributed by atoms with van der Waals surface area (Å²) < 4.78 is 15.3. The topological polar surface area (TPSA) is 39.8 Å². The van der Waals surface area contributed by atoms with E-state index in [1.807, 2.05) is 26.1 Å². The minimum absolute atomic E-state index is 0.211. The van der Waals surface area contributed by atoms with Crippen molar-refractivity contribution in [3.63, 3.8) is 0 Å². The molecular formula is C13H14FN3. The normalized spacial score (nSPS) is 18.4. The molecule has 1 unspecified atom stereocenters. The molecule has 0 saturated carbocycles. The maximum Gasteiger partial charge on any atom is 0.125 e. The van der Waals surface area contributed by atoms with Gasteiger partial charge in [0.2, 0.25) is 0 Å². The second kappa shape index (κ2) is 3.67. The summed E-state index contributed by atoms with van der Waals surface area (Å²) in [6, 6.07) is 5.39. The van der Waals surface area contributed by atoms with Crippen molar-refractivity contribution in [1.29, 1.82) is 0 Å². The highest BCUT2D eigenvalue weighted by Gasteiger charge is 2.23. The van der Waals surface area contributed by atoms with Crippen molar-refractivity contribution in [3.05, 3.63) is 47.0 Å². The minimum atomic E-state index is -0.211. The van der Waals surface area contributed by atoms with E-state index in [0.717, 1.165) is 29.1 Å². The van der Waals surface area contributed by atoms with Crippen LogP contribution in [0.3, 0.4) is 0 Å². The van der Waals surface area contributed by atoms with Crippen molar-refractivity contribution in [2.45, 2.75) is 19.9 Å². The molecule has 2 aromatic rings. The van der Waals surface area contributed by atoms with Gasteiger partial charge in [-0.15, -0.1) is 0 Å². The Morgan fingerprint density at radius 1 is 1.35 bits per heavy atom. The lowest BCUT2D eigenvalue weighted by Gasteiger charge is -2.04. The van der Waals surface area contributed by atoms with Crippen LogP contribution in [-0.4, -0.2) is 16.3 Å². The summed E-state index contributed by atoms with van der Waals surface area (Å²) in [5.41, 5.74) is 3.86. The summed E-state index contributed by atoms with van der Waals surface area (Å²) in [4.78, 5) is 0. The smallest absolute Gasteiger partial charge is 0.125 e. The Bertz CT molecular complexity index is 551. The molecule has 1 fully saturated rings. The van der Waals surface area contributed by atoms with Gasteiger partial charge in [-0.1, -0.05) is 0 Å². The molecule has 2 heterocycles. The van der Waals surface area contributed by atoms with Gasteiger partial charge in [0, 0.05) is 18.8 Å². The van der Waals surface area contributed by atoms with Crippen molar-refractivity contribution in [2.75, 3.05) is 6.54 Å². The third kappa shape index (κ3) is 1.96. The molecule has 1 aromatic heterocycles. The van der Waals surface area contributed by atoms with Crippen LogP contribution in [0.15, 0.2) is 24.4 Å². The number of benzene rings is 1. The lowest BCUT2D eigenvalue weighted by atomic mass is 10.1. The Kier molecular flexibility index (Phi) is 2.26. The van der Waals surface area contributed by atoms with Crippen LogP contribution < -0.4 is 5.32 Å². The standard InChI is InChI=1S/C13H14FN3/c1-8-7-17(16-9(8)2)12-4-10(13-6-15-13)3-11(14)5-12/h3-5,7,13,15H,6H2,1-2H3. The molecule has 0 bridgehead atoms. The number of aromatic nitrogens is 2. The zero-order valence-corrected chi connectivity index (χ0v) is 9.87. The molecule has 1 aromatic carbocycles. The van der Waals surface area contributed by atoms with E-state index < -0.39 is 0 Å². The van der Waals surface area contributed by atoms with E-state index in [0.29, 0.717) is 6.04 Å². The first-order valence-corrected chi connectivity index (χ1v) is 5.70. The summed E-state index contributed by atoms with van der Waals surface area (Å²) in [7, 11) is 0. The summed E-state index contributed by atoms with van der Waals surface area (Å²) in [5, 5.41) is 7.55. The highest BCUT2D eigenvalue weighted by molar-refractivity contribution is 5.39. The molecule has 17 heavy (non-hydrogen) atoms. The number of aryl methyl sites for hydroxylation is 2. The Morgan fingerprint density at radius 3 is 2.71 bits per heavy atom.